The van der Waals surface area contributed by atoms with E-state index in [2.05, 4.69) is 31.2 Å². The normalized spacial score (nSPS) is 19.1. The second kappa shape index (κ2) is 17.5. The minimum Gasteiger partial charge on any atom is -0.495 e. The van der Waals surface area contributed by atoms with Gasteiger partial charge in [0.15, 0.2) is 12.4 Å². The number of amides is 6. The highest BCUT2D eigenvalue weighted by molar-refractivity contribution is 6.07. The van der Waals surface area contributed by atoms with Crippen LogP contribution in [0, 0.1) is 0 Å². The largest absolute Gasteiger partial charge is 0.495 e. The minimum atomic E-state index is -0.744. The average molecular weight is 796 g/mol. The number of hydrogen-bond donors (Lipinski definition) is 4. The number of nitrogens with one attached hydrogen (secondary N) is 4. The van der Waals surface area contributed by atoms with E-state index in [1.165, 1.54) is 12.0 Å². The number of unbranched alkanes of at least 4 members (excludes halogenated alkanes) is 1. The van der Waals surface area contributed by atoms with E-state index in [9.17, 15) is 28.8 Å². The maximum atomic E-state index is 13.3. The number of likely N-dealkylation sites (N-methyl/N-ethyl adjacent to an activating group) is 1. The van der Waals surface area contributed by atoms with Gasteiger partial charge in [0.05, 0.1) is 24.6 Å². The molecule has 2 atom stereocenters. The fourth-order valence-electron chi connectivity index (χ4n) is 8.18. The molecular formula is C41H49N9O8. The van der Waals surface area contributed by atoms with Crippen molar-refractivity contribution in [2.45, 2.75) is 89.4 Å². The number of carbonyl (C=O) groups excluding carboxylic acids is 6. The van der Waals surface area contributed by atoms with Crippen LogP contribution in [-0.2, 0) is 25.7 Å². The van der Waals surface area contributed by atoms with Crippen molar-refractivity contribution < 1.29 is 38.2 Å². The molecule has 3 aliphatic heterocycles. The standard InChI is InChI=1S/C41H49N9O8/c1-4-28-39(55)48(2)30-21-44-41(47-36(30)50(28)26-11-5-6-12-26)45-27-15-14-24(20-32(27)57-3)37(53)43-19-8-7-18-42-34(52)23-58-31-13-9-10-25-22-49(40(56)35(25)31)29-16-17-33(51)46-38(29)54/h9-10,13-15,20-21,26,28-29H,4-8,11-12,16-19,22-23H2,1-3H3,(H,42,52)(H,43,53)(H,44,45,47)(H,46,51,54)/t28-,29?/m1/s1. The molecule has 4 aliphatic rings. The molecule has 0 radical (unpaired) electrons. The third-order valence-corrected chi connectivity index (χ3v) is 11.2. The van der Waals surface area contributed by atoms with Crippen molar-refractivity contribution >= 4 is 58.6 Å². The average Bonchev–Trinajstić information content (AvgIpc) is 3.88. The number of fused-ring (bicyclic) bond motifs is 2. The Morgan fingerprint density at radius 2 is 1.76 bits per heavy atom. The van der Waals surface area contributed by atoms with Gasteiger partial charge >= 0.3 is 0 Å². The maximum absolute atomic E-state index is 13.3. The smallest absolute Gasteiger partial charge is 0.258 e. The number of carbonyl (C=O) groups is 6. The topological polar surface area (TPSA) is 204 Å². The van der Waals surface area contributed by atoms with Gasteiger partial charge in [0.1, 0.15) is 29.3 Å². The SMILES string of the molecule is CC[C@@H]1C(=O)N(C)c2cnc(Nc3ccc(C(=O)NCCCCNC(=O)COc4cccc5c4C(=O)N(C4CCC(=O)NC4=O)C5)cc3OC)nc2N1C1CCCC1. The first-order valence-corrected chi connectivity index (χ1v) is 19.9. The van der Waals surface area contributed by atoms with Gasteiger partial charge in [-0.1, -0.05) is 31.9 Å². The zero-order chi connectivity index (χ0) is 40.9. The molecule has 6 amide bonds. The highest BCUT2D eigenvalue weighted by Crippen LogP contribution is 2.40. The van der Waals surface area contributed by atoms with Crippen LogP contribution in [-0.4, -0.2) is 102 Å². The molecule has 306 valence electrons. The van der Waals surface area contributed by atoms with Crippen LogP contribution in [0.4, 0.5) is 23.1 Å². The van der Waals surface area contributed by atoms with E-state index < -0.39 is 11.9 Å². The summed E-state index contributed by atoms with van der Waals surface area (Å²) in [6.45, 7) is 2.67. The Labute approximate surface area is 336 Å². The van der Waals surface area contributed by atoms with E-state index in [0.717, 1.165) is 31.5 Å². The predicted molar refractivity (Wildman–Crippen MR) is 213 cm³/mol. The molecule has 0 spiro atoms. The van der Waals surface area contributed by atoms with Crippen molar-refractivity contribution in [3.8, 4) is 11.5 Å². The van der Waals surface area contributed by atoms with Crippen LogP contribution >= 0.6 is 0 Å². The van der Waals surface area contributed by atoms with Gasteiger partial charge in [-0.05, 0) is 68.4 Å². The Morgan fingerprint density at radius 1 is 0.983 bits per heavy atom. The lowest BCUT2D eigenvalue weighted by Crippen LogP contribution is -2.55. The first-order valence-electron chi connectivity index (χ1n) is 19.9. The summed E-state index contributed by atoms with van der Waals surface area (Å²) in [5.74, 6) is -0.0542. The molecule has 17 nitrogen and oxygen atoms in total. The van der Waals surface area contributed by atoms with Gasteiger partial charge in [-0.25, -0.2) is 4.98 Å². The Hall–Kier alpha value is -6.26. The van der Waals surface area contributed by atoms with Gasteiger partial charge in [0.25, 0.3) is 17.7 Å². The van der Waals surface area contributed by atoms with Crippen LogP contribution < -0.4 is 40.5 Å². The molecule has 1 aliphatic carbocycles. The summed E-state index contributed by atoms with van der Waals surface area (Å²) in [5.41, 5.74) is 2.66. The number of nitrogens with zero attached hydrogens (tertiary/aromatic N) is 5. The number of imide groups is 1. The second-order valence-corrected chi connectivity index (χ2v) is 14.9. The van der Waals surface area contributed by atoms with Crippen molar-refractivity contribution in [3.05, 3.63) is 59.3 Å². The number of hydrogen-bond acceptors (Lipinski definition) is 12. The van der Waals surface area contributed by atoms with Crippen LogP contribution in [0.1, 0.15) is 91.0 Å². The van der Waals surface area contributed by atoms with Crippen molar-refractivity contribution in [3.63, 3.8) is 0 Å². The van der Waals surface area contributed by atoms with Crippen molar-refractivity contribution in [1.29, 1.82) is 0 Å². The maximum Gasteiger partial charge on any atom is 0.258 e. The van der Waals surface area contributed by atoms with Crippen LogP contribution in [0.25, 0.3) is 0 Å². The van der Waals surface area contributed by atoms with Gasteiger partial charge in [-0.15, -0.1) is 0 Å². The highest BCUT2D eigenvalue weighted by atomic mass is 16.5. The molecule has 1 aromatic heterocycles. The molecule has 0 bridgehead atoms. The second-order valence-electron chi connectivity index (χ2n) is 14.9. The Bertz CT molecular complexity index is 2100. The summed E-state index contributed by atoms with van der Waals surface area (Å²) < 4.78 is 11.4. The van der Waals surface area contributed by atoms with E-state index in [1.54, 1.807) is 54.5 Å². The number of aromatic nitrogens is 2. The Morgan fingerprint density at radius 3 is 2.50 bits per heavy atom. The molecular weight excluding hydrogens is 747 g/mol. The summed E-state index contributed by atoms with van der Waals surface area (Å²) in [5, 5.41) is 11.2. The highest BCUT2D eigenvalue weighted by Gasteiger charge is 2.42. The number of ether oxygens (including phenoxy) is 2. The van der Waals surface area contributed by atoms with E-state index in [4.69, 9.17) is 14.5 Å². The van der Waals surface area contributed by atoms with Crippen molar-refractivity contribution in [2.75, 3.05) is 49.0 Å². The van der Waals surface area contributed by atoms with Crippen molar-refractivity contribution in [1.82, 2.24) is 30.8 Å². The van der Waals surface area contributed by atoms with Gasteiger partial charge in [0, 0.05) is 44.7 Å². The molecule has 58 heavy (non-hydrogen) atoms. The lowest BCUT2D eigenvalue weighted by atomic mass is 10.0. The van der Waals surface area contributed by atoms with E-state index in [1.807, 2.05) is 6.92 Å². The molecule has 1 unspecified atom stereocenters. The van der Waals surface area contributed by atoms with E-state index in [-0.39, 0.29) is 73.4 Å². The molecule has 2 fully saturated rings. The third kappa shape index (κ3) is 8.24. The Kier molecular flexibility index (Phi) is 12.0. The fraction of sp³-hybridized carbons (Fsp3) is 0.463. The van der Waals surface area contributed by atoms with Gasteiger partial charge in [-0.3, -0.25) is 34.1 Å². The fourth-order valence-corrected chi connectivity index (χ4v) is 8.18. The molecule has 7 rings (SSSR count). The van der Waals surface area contributed by atoms with Crippen LogP contribution in [0.3, 0.4) is 0 Å². The molecule has 1 saturated carbocycles. The molecule has 1 saturated heterocycles. The summed E-state index contributed by atoms with van der Waals surface area (Å²) in [6.07, 6.45) is 8.24. The lowest BCUT2D eigenvalue weighted by Gasteiger charge is -2.43. The third-order valence-electron chi connectivity index (χ3n) is 11.2. The summed E-state index contributed by atoms with van der Waals surface area (Å²) in [4.78, 5) is 90.7. The first kappa shape index (κ1) is 40.0. The monoisotopic (exact) mass is 795 g/mol. The molecule has 3 aromatic rings. The number of methoxy groups -OCH3 is 1. The number of rotatable bonds is 15. The van der Waals surface area contributed by atoms with E-state index in [0.29, 0.717) is 72.1 Å². The number of piperidine rings is 1. The van der Waals surface area contributed by atoms with Gasteiger partial charge in [-0.2, -0.15) is 4.98 Å². The Balaban J connectivity index is 0.863. The minimum absolute atomic E-state index is 0.0473. The molecule has 17 heteroatoms. The van der Waals surface area contributed by atoms with Crippen molar-refractivity contribution in [2.24, 2.45) is 0 Å². The zero-order valence-electron chi connectivity index (χ0n) is 33.0. The lowest BCUT2D eigenvalue weighted by molar-refractivity contribution is -0.137. The van der Waals surface area contributed by atoms with E-state index >= 15 is 0 Å². The quantitative estimate of drug-likeness (QED) is 0.129. The molecule has 4 N–H and O–H groups in total. The molecule has 4 heterocycles. The van der Waals surface area contributed by atoms with Gasteiger partial charge < -0.3 is 40.1 Å². The summed E-state index contributed by atoms with van der Waals surface area (Å²) in [6, 6.07) is 9.39. The first-order chi connectivity index (χ1) is 28.1. The summed E-state index contributed by atoms with van der Waals surface area (Å²) in [7, 11) is 3.28. The molecule has 2 aromatic carbocycles. The predicted octanol–water partition coefficient (Wildman–Crippen LogP) is 3.20. The van der Waals surface area contributed by atoms with Crippen LogP contribution in [0.2, 0.25) is 0 Å². The number of benzene rings is 2. The van der Waals surface area contributed by atoms with Crippen LogP contribution in [0.15, 0.2) is 42.6 Å². The number of anilines is 4. The zero-order valence-corrected chi connectivity index (χ0v) is 33.0. The summed E-state index contributed by atoms with van der Waals surface area (Å²) >= 11 is 0. The van der Waals surface area contributed by atoms with Gasteiger partial charge in [0.2, 0.25) is 23.7 Å². The van der Waals surface area contributed by atoms with Crippen LogP contribution in [0.5, 0.6) is 11.5 Å².